The molecule has 0 unspecified atom stereocenters. The zero-order valence-corrected chi connectivity index (χ0v) is 18.4. The van der Waals surface area contributed by atoms with Crippen LogP contribution in [0.4, 0.5) is 10.6 Å². The minimum Gasteiger partial charge on any atom is -0.357 e. The highest BCUT2D eigenvalue weighted by Crippen LogP contribution is 2.30. The molecule has 0 radical (unpaired) electrons. The Morgan fingerprint density at radius 2 is 1.74 bits per heavy atom. The lowest BCUT2D eigenvalue weighted by Crippen LogP contribution is -2.43. The molecule has 1 aliphatic rings. The lowest BCUT2D eigenvalue weighted by Gasteiger charge is -2.33. The maximum Gasteiger partial charge on any atom is 0.317 e. The number of nitrogens with zero attached hydrogens (tertiary/aromatic N) is 4. The van der Waals surface area contributed by atoms with Crippen molar-refractivity contribution in [2.24, 2.45) is 0 Å². The number of hydrogen-bond donors (Lipinski definition) is 1. The number of rotatable bonds is 5. The molecule has 0 saturated heterocycles. The van der Waals surface area contributed by atoms with Crippen molar-refractivity contribution in [1.82, 2.24) is 20.2 Å². The Hall–Kier alpha value is -3.41. The number of hydrogen-bond acceptors (Lipinski definition) is 4. The Morgan fingerprint density at radius 1 is 1.06 bits per heavy atom. The summed E-state index contributed by atoms with van der Waals surface area (Å²) in [4.78, 5) is 26.7. The summed E-state index contributed by atoms with van der Waals surface area (Å²) in [6, 6.07) is 20.3. The monoisotopic (exact) mass is 415 g/mol. The van der Waals surface area contributed by atoms with E-state index in [9.17, 15) is 4.79 Å². The predicted molar refractivity (Wildman–Crippen MR) is 124 cm³/mol. The summed E-state index contributed by atoms with van der Waals surface area (Å²) in [5.74, 6) is 1.64. The quantitative estimate of drug-likeness (QED) is 0.677. The lowest BCUT2D eigenvalue weighted by atomic mass is 10.0. The Labute approximate surface area is 183 Å². The molecule has 1 aromatic heterocycles. The highest BCUT2D eigenvalue weighted by Gasteiger charge is 2.27. The number of fused-ring (bicyclic) bond motifs is 1. The molecule has 4 rings (SSSR count). The van der Waals surface area contributed by atoms with Gasteiger partial charge in [0.2, 0.25) is 0 Å². The van der Waals surface area contributed by atoms with Gasteiger partial charge in [0, 0.05) is 43.7 Å². The van der Waals surface area contributed by atoms with Gasteiger partial charge in [-0.25, -0.2) is 14.8 Å². The number of aromatic nitrogens is 2. The summed E-state index contributed by atoms with van der Waals surface area (Å²) in [5, 5.41) is 3.04. The van der Waals surface area contributed by atoms with E-state index in [0.717, 1.165) is 40.4 Å². The number of amides is 2. The van der Waals surface area contributed by atoms with E-state index in [-0.39, 0.29) is 12.1 Å². The van der Waals surface area contributed by atoms with Gasteiger partial charge in [-0.3, -0.25) is 0 Å². The van der Waals surface area contributed by atoms with Gasteiger partial charge in [0.25, 0.3) is 0 Å². The van der Waals surface area contributed by atoms with Crippen LogP contribution in [-0.2, 0) is 19.5 Å². The SMILES string of the molecule is CC(C)N(C)c1nc(-c2ccccc2)nc2c1CN(C(=O)NCc1ccccc1)CC2. The average Bonchev–Trinajstić information content (AvgIpc) is 2.82. The zero-order valence-electron chi connectivity index (χ0n) is 18.4. The molecule has 0 fully saturated rings. The third-order valence-corrected chi connectivity index (χ3v) is 5.75. The van der Waals surface area contributed by atoms with Crippen molar-refractivity contribution in [2.45, 2.75) is 39.4 Å². The van der Waals surface area contributed by atoms with E-state index in [0.29, 0.717) is 19.6 Å². The average molecular weight is 416 g/mol. The van der Waals surface area contributed by atoms with Crippen LogP contribution >= 0.6 is 0 Å². The Kier molecular flexibility index (Phi) is 6.16. The van der Waals surface area contributed by atoms with Crippen molar-refractivity contribution >= 4 is 11.8 Å². The summed E-state index contributed by atoms with van der Waals surface area (Å²) < 4.78 is 0. The minimum absolute atomic E-state index is 0.0558. The van der Waals surface area contributed by atoms with Crippen molar-refractivity contribution in [3.8, 4) is 11.4 Å². The number of benzene rings is 2. The normalized spacial score (nSPS) is 13.1. The molecular weight excluding hydrogens is 386 g/mol. The van der Waals surface area contributed by atoms with Gasteiger partial charge in [0.05, 0.1) is 12.2 Å². The standard InChI is InChI=1S/C25H29N5O/c1-18(2)29(3)24-21-17-30(25(31)26-16-19-10-6-4-7-11-19)15-14-22(21)27-23(28-24)20-12-8-5-9-13-20/h4-13,18H,14-17H2,1-3H3,(H,26,31). The van der Waals surface area contributed by atoms with Gasteiger partial charge in [-0.2, -0.15) is 0 Å². The molecule has 1 aliphatic heterocycles. The van der Waals surface area contributed by atoms with Crippen LogP contribution in [0.2, 0.25) is 0 Å². The molecule has 2 amide bonds. The first-order chi connectivity index (χ1) is 15.0. The molecule has 1 N–H and O–H groups in total. The molecule has 0 saturated carbocycles. The third kappa shape index (κ3) is 4.68. The molecule has 0 atom stereocenters. The van der Waals surface area contributed by atoms with Crippen molar-refractivity contribution in [1.29, 1.82) is 0 Å². The van der Waals surface area contributed by atoms with Crippen LogP contribution in [0.1, 0.15) is 30.7 Å². The van der Waals surface area contributed by atoms with Crippen LogP contribution in [0.25, 0.3) is 11.4 Å². The van der Waals surface area contributed by atoms with Crippen LogP contribution in [0.5, 0.6) is 0 Å². The van der Waals surface area contributed by atoms with E-state index in [4.69, 9.17) is 9.97 Å². The smallest absolute Gasteiger partial charge is 0.317 e. The Morgan fingerprint density at radius 3 is 2.42 bits per heavy atom. The first kappa shape index (κ1) is 20.8. The fourth-order valence-corrected chi connectivity index (χ4v) is 3.71. The first-order valence-electron chi connectivity index (χ1n) is 10.8. The first-order valence-corrected chi connectivity index (χ1v) is 10.8. The van der Waals surface area contributed by atoms with Crippen molar-refractivity contribution in [2.75, 3.05) is 18.5 Å². The van der Waals surface area contributed by atoms with E-state index in [1.54, 1.807) is 0 Å². The lowest BCUT2D eigenvalue weighted by molar-refractivity contribution is 0.191. The predicted octanol–water partition coefficient (Wildman–Crippen LogP) is 4.26. The third-order valence-electron chi connectivity index (χ3n) is 5.75. The largest absolute Gasteiger partial charge is 0.357 e. The van der Waals surface area contributed by atoms with Crippen molar-refractivity contribution < 1.29 is 4.79 Å². The molecule has 31 heavy (non-hydrogen) atoms. The van der Waals surface area contributed by atoms with E-state index >= 15 is 0 Å². The maximum absolute atomic E-state index is 12.8. The number of anilines is 1. The molecule has 2 heterocycles. The van der Waals surface area contributed by atoms with Crippen molar-refractivity contribution in [3.63, 3.8) is 0 Å². The summed E-state index contributed by atoms with van der Waals surface area (Å²) in [7, 11) is 2.05. The van der Waals surface area contributed by atoms with Gasteiger partial charge in [0.15, 0.2) is 5.82 Å². The van der Waals surface area contributed by atoms with Crippen LogP contribution < -0.4 is 10.2 Å². The van der Waals surface area contributed by atoms with Crippen molar-refractivity contribution in [3.05, 3.63) is 77.5 Å². The van der Waals surface area contributed by atoms with Gasteiger partial charge in [0.1, 0.15) is 5.82 Å². The van der Waals surface area contributed by atoms with Crippen LogP contribution in [-0.4, -0.2) is 40.5 Å². The molecule has 6 nitrogen and oxygen atoms in total. The Bertz CT molecular complexity index is 1040. The van der Waals surface area contributed by atoms with E-state index in [1.165, 1.54) is 0 Å². The summed E-state index contributed by atoms with van der Waals surface area (Å²) in [5.41, 5.74) is 4.16. The number of urea groups is 1. The molecule has 160 valence electrons. The second-order valence-corrected chi connectivity index (χ2v) is 8.18. The Balaban J connectivity index is 1.59. The zero-order chi connectivity index (χ0) is 21.8. The molecular formula is C25H29N5O. The number of nitrogens with one attached hydrogen (secondary N) is 1. The van der Waals surface area contributed by atoms with Crippen LogP contribution in [0.3, 0.4) is 0 Å². The van der Waals surface area contributed by atoms with Gasteiger partial charge in [-0.1, -0.05) is 60.7 Å². The molecule has 0 bridgehead atoms. The van der Waals surface area contributed by atoms with E-state index in [1.807, 2.05) is 65.6 Å². The van der Waals surface area contributed by atoms with E-state index in [2.05, 4.69) is 31.1 Å². The second-order valence-electron chi connectivity index (χ2n) is 8.18. The van der Waals surface area contributed by atoms with Gasteiger partial charge < -0.3 is 15.1 Å². The molecule has 3 aromatic rings. The summed E-state index contributed by atoms with van der Waals surface area (Å²) in [6.07, 6.45) is 0.718. The minimum atomic E-state index is -0.0558. The molecule has 2 aromatic carbocycles. The summed E-state index contributed by atoms with van der Waals surface area (Å²) in [6.45, 7) is 5.96. The van der Waals surface area contributed by atoms with Gasteiger partial charge in [-0.15, -0.1) is 0 Å². The molecule has 0 aliphatic carbocycles. The second kappa shape index (κ2) is 9.16. The summed E-state index contributed by atoms with van der Waals surface area (Å²) >= 11 is 0. The number of carbonyl (C=O) groups is 1. The highest BCUT2D eigenvalue weighted by molar-refractivity contribution is 5.75. The molecule has 6 heteroatoms. The van der Waals surface area contributed by atoms with Gasteiger partial charge in [-0.05, 0) is 19.4 Å². The van der Waals surface area contributed by atoms with Gasteiger partial charge >= 0.3 is 6.03 Å². The van der Waals surface area contributed by atoms with Crippen LogP contribution in [0, 0.1) is 0 Å². The fraction of sp³-hybridized carbons (Fsp3) is 0.320. The topological polar surface area (TPSA) is 61.4 Å². The molecule has 0 spiro atoms. The van der Waals surface area contributed by atoms with Crippen LogP contribution in [0.15, 0.2) is 60.7 Å². The number of carbonyl (C=O) groups excluding carboxylic acids is 1. The maximum atomic E-state index is 12.8. The highest BCUT2D eigenvalue weighted by atomic mass is 16.2. The fourth-order valence-electron chi connectivity index (χ4n) is 3.71. The van der Waals surface area contributed by atoms with E-state index < -0.39 is 0 Å².